The molecule has 136 valence electrons. The van der Waals surface area contributed by atoms with Crippen LogP contribution in [0.2, 0.25) is 0 Å². The smallest absolute Gasteiger partial charge is 0.433 e. The molecule has 6 nitrogen and oxygen atoms in total. The Morgan fingerprint density at radius 1 is 1.20 bits per heavy atom. The quantitative estimate of drug-likeness (QED) is 0.912. The van der Waals surface area contributed by atoms with Crippen LogP contribution in [0.5, 0.6) is 0 Å². The summed E-state index contributed by atoms with van der Waals surface area (Å²) in [6.07, 6.45) is -0.565. The minimum Gasteiger partial charge on any atom is -0.444 e. The van der Waals surface area contributed by atoms with Gasteiger partial charge in [-0.15, -0.1) is 0 Å². The number of hydrogen-bond donors (Lipinski definition) is 1. The number of hydrogen-bond acceptors (Lipinski definition) is 4. The van der Waals surface area contributed by atoms with Crippen molar-refractivity contribution in [1.82, 2.24) is 20.1 Å². The summed E-state index contributed by atoms with van der Waals surface area (Å²) in [6, 6.07) is 2.29. The maximum atomic E-state index is 12.5. The van der Waals surface area contributed by atoms with E-state index in [4.69, 9.17) is 4.74 Å². The maximum absolute atomic E-state index is 12.5. The monoisotopic (exact) mass is 356 g/mol. The molecule has 0 atom stereocenters. The predicted molar refractivity (Wildman–Crippen MR) is 83.6 cm³/mol. The Morgan fingerprint density at radius 3 is 2.48 bits per heavy atom. The molecule has 0 fully saturated rings. The summed E-state index contributed by atoms with van der Waals surface area (Å²) < 4.78 is 44.1. The number of pyridine rings is 1. The fraction of sp³-hybridized carbons (Fsp3) is 0.438. The van der Waals surface area contributed by atoms with Crippen molar-refractivity contribution in [3.8, 4) is 0 Å². The Bertz CT molecular complexity index is 718. The van der Waals surface area contributed by atoms with Crippen LogP contribution in [0.4, 0.5) is 18.0 Å². The lowest BCUT2D eigenvalue weighted by Gasteiger charge is -2.19. The van der Waals surface area contributed by atoms with Gasteiger partial charge in [-0.25, -0.2) is 4.79 Å². The van der Waals surface area contributed by atoms with E-state index in [-0.39, 0.29) is 13.1 Å². The van der Waals surface area contributed by atoms with E-state index in [1.807, 2.05) is 0 Å². The van der Waals surface area contributed by atoms with Crippen LogP contribution in [-0.2, 0) is 24.0 Å². The maximum Gasteiger partial charge on any atom is 0.433 e. The Morgan fingerprint density at radius 2 is 1.92 bits per heavy atom. The third kappa shape index (κ3) is 6.09. The van der Waals surface area contributed by atoms with Gasteiger partial charge >= 0.3 is 12.3 Å². The third-order valence-electron chi connectivity index (χ3n) is 2.98. The summed E-state index contributed by atoms with van der Waals surface area (Å²) in [5, 5.41) is 6.71. The van der Waals surface area contributed by atoms with Crippen molar-refractivity contribution in [1.29, 1.82) is 0 Å². The van der Waals surface area contributed by atoms with Gasteiger partial charge in [0, 0.05) is 24.5 Å². The highest BCUT2D eigenvalue weighted by atomic mass is 19.4. The second-order valence-corrected chi connectivity index (χ2v) is 6.45. The van der Waals surface area contributed by atoms with Gasteiger partial charge in [-0.3, -0.25) is 9.67 Å². The topological polar surface area (TPSA) is 69.0 Å². The molecule has 0 aromatic carbocycles. The van der Waals surface area contributed by atoms with Crippen molar-refractivity contribution in [2.45, 2.75) is 45.6 Å². The molecule has 1 amide bonds. The number of rotatable bonds is 4. The molecule has 25 heavy (non-hydrogen) atoms. The van der Waals surface area contributed by atoms with Crippen molar-refractivity contribution in [2.24, 2.45) is 0 Å². The Balaban J connectivity index is 1.90. The highest BCUT2D eigenvalue weighted by Crippen LogP contribution is 2.27. The van der Waals surface area contributed by atoms with E-state index >= 15 is 0 Å². The lowest BCUT2D eigenvalue weighted by molar-refractivity contribution is -0.141. The first-order valence-electron chi connectivity index (χ1n) is 7.53. The van der Waals surface area contributed by atoms with E-state index in [0.717, 1.165) is 11.6 Å². The summed E-state index contributed by atoms with van der Waals surface area (Å²) in [5.74, 6) is 0. The average Bonchev–Trinajstić information content (AvgIpc) is 2.90. The van der Waals surface area contributed by atoms with Gasteiger partial charge in [-0.1, -0.05) is 6.07 Å². The lowest BCUT2D eigenvalue weighted by Crippen LogP contribution is -2.32. The van der Waals surface area contributed by atoms with Crippen molar-refractivity contribution in [3.05, 3.63) is 47.5 Å². The van der Waals surface area contributed by atoms with Gasteiger partial charge < -0.3 is 10.1 Å². The number of ether oxygens (including phenoxy) is 1. The Kier molecular flexibility index (Phi) is 5.34. The van der Waals surface area contributed by atoms with Gasteiger partial charge in [0.1, 0.15) is 11.3 Å². The molecular weight excluding hydrogens is 337 g/mol. The number of carbonyl (C=O) groups excluding carboxylic acids is 1. The number of nitrogens with zero attached hydrogens (tertiary/aromatic N) is 3. The summed E-state index contributed by atoms with van der Waals surface area (Å²) in [6.45, 7) is 5.81. The zero-order valence-corrected chi connectivity index (χ0v) is 14.1. The zero-order valence-electron chi connectivity index (χ0n) is 14.1. The summed E-state index contributed by atoms with van der Waals surface area (Å²) in [4.78, 5) is 15.0. The van der Waals surface area contributed by atoms with Gasteiger partial charge in [-0.2, -0.15) is 18.3 Å². The van der Waals surface area contributed by atoms with Crippen LogP contribution in [0.15, 0.2) is 30.7 Å². The second-order valence-electron chi connectivity index (χ2n) is 6.45. The molecule has 0 aliphatic rings. The van der Waals surface area contributed by atoms with Crippen LogP contribution in [0.25, 0.3) is 0 Å². The molecule has 0 unspecified atom stereocenters. The summed E-state index contributed by atoms with van der Waals surface area (Å²) >= 11 is 0. The SMILES string of the molecule is CC(C)(C)OC(=O)NCc1cnn(Cc2ccc(C(F)(F)F)nc2)c1. The van der Waals surface area contributed by atoms with Gasteiger partial charge in [0.25, 0.3) is 0 Å². The van der Waals surface area contributed by atoms with Crippen LogP contribution < -0.4 is 5.32 Å². The minimum atomic E-state index is -4.45. The molecule has 9 heteroatoms. The van der Waals surface area contributed by atoms with Gasteiger partial charge in [0.2, 0.25) is 0 Å². The standard InChI is InChI=1S/C16H19F3N4O2/c1-15(2,3)25-14(24)21-7-12-8-22-23(10-12)9-11-4-5-13(20-6-11)16(17,18)19/h4-6,8,10H,7,9H2,1-3H3,(H,21,24). The van der Waals surface area contributed by atoms with Crippen LogP contribution in [0.1, 0.15) is 37.6 Å². The fourth-order valence-corrected chi connectivity index (χ4v) is 1.95. The molecule has 2 aromatic rings. The molecule has 0 aliphatic carbocycles. The van der Waals surface area contributed by atoms with Crippen molar-refractivity contribution in [3.63, 3.8) is 0 Å². The molecule has 0 saturated heterocycles. The fourth-order valence-electron chi connectivity index (χ4n) is 1.95. The van der Waals surface area contributed by atoms with E-state index in [2.05, 4.69) is 15.4 Å². The number of alkyl carbamates (subject to hydrolysis) is 1. The van der Waals surface area contributed by atoms with Crippen molar-refractivity contribution < 1.29 is 22.7 Å². The first-order chi connectivity index (χ1) is 11.5. The minimum absolute atomic E-state index is 0.236. The largest absolute Gasteiger partial charge is 0.444 e. The zero-order chi connectivity index (χ0) is 18.7. The molecule has 0 saturated carbocycles. The number of carbonyl (C=O) groups is 1. The molecule has 0 spiro atoms. The van der Waals surface area contributed by atoms with Crippen LogP contribution in [0.3, 0.4) is 0 Å². The van der Waals surface area contributed by atoms with Crippen LogP contribution >= 0.6 is 0 Å². The van der Waals surface area contributed by atoms with E-state index in [9.17, 15) is 18.0 Å². The lowest BCUT2D eigenvalue weighted by atomic mass is 10.2. The molecule has 0 aliphatic heterocycles. The van der Waals surface area contributed by atoms with E-state index < -0.39 is 23.6 Å². The average molecular weight is 356 g/mol. The summed E-state index contributed by atoms with van der Waals surface area (Å²) in [5.41, 5.74) is -0.184. The van der Waals surface area contributed by atoms with Crippen molar-refractivity contribution in [2.75, 3.05) is 0 Å². The Labute approximate surface area is 143 Å². The van der Waals surface area contributed by atoms with Crippen molar-refractivity contribution >= 4 is 6.09 Å². The number of alkyl halides is 3. The molecule has 0 bridgehead atoms. The van der Waals surface area contributed by atoms with Crippen LogP contribution in [-0.4, -0.2) is 26.5 Å². The first kappa shape index (κ1) is 18.8. The number of halogens is 3. The molecule has 2 aromatic heterocycles. The van der Waals surface area contributed by atoms with Gasteiger partial charge in [0.15, 0.2) is 0 Å². The summed E-state index contributed by atoms with van der Waals surface area (Å²) in [7, 11) is 0. The molecule has 2 heterocycles. The van der Waals surface area contributed by atoms with E-state index in [1.165, 1.54) is 12.3 Å². The number of amides is 1. The van der Waals surface area contributed by atoms with Gasteiger partial charge in [-0.05, 0) is 32.4 Å². The normalized spacial score (nSPS) is 12.1. The predicted octanol–water partition coefficient (Wildman–Crippen LogP) is 3.37. The highest BCUT2D eigenvalue weighted by Gasteiger charge is 2.31. The molecular formula is C16H19F3N4O2. The number of aromatic nitrogens is 3. The van der Waals surface area contributed by atoms with Gasteiger partial charge in [0.05, 0.1) is 12.7 Å². The van der Waals surface area contributed by atoms with E-state index in [1.54, 1.807) is 37.8 Å². The van der Waals surface area contributed by atoms with Crippen LogP contribution in [0, 0.1) is 0 Å². The Hall–Kier alpha value is -2.58. The first-order valence-corrected chi connectivity index (χ1v) is 7.53. The van der Waals surface area contributed by atoms with E-state index in [0.29, 0.717) is 5.56 Å². The highest BCUT2D eigenvalue weighted by molar-refractivity contribution is 5.67. The second kappa shape index (κ2) is 7.12. The third-order valence-corrected chi connectivity index (χ3v) is 2.98. The molecule has 0 radical (unpaired) electrons. The molecule has 1 N–H and O–H groups in total. The number of nitrogens with one attached hydrogen (secondary N) is 1. The molecule has 2 rings (SSSR count).